The molecule has 0 aromatic heterocycles. The molecule has 0 aliphatic rings. The maximum atomic E-state index is 2.23. The summed E-state index contributed by atoms with van der Waals surface area (Å²) in [7, 11) is 0. The van der Waals surface area contributed by atoms with Crippen molar-refractivity contribution < 1.29 is 0 Å². The van der Waals surface area contributed by atoms with Gasteiger partial charge >= 0.3 is 0 Å². The van der Waals surface area contributed by atoms with Gasteiger partial charge in [0.1, 0.15) is 0 Å². The third kappa shape index (κ3) is 9.51. The van der Waals surface area contributed by atoms with Crippen molar-refractivity contribution in [3.05, 3.63) is 303 Å². The molecule has 12 aromatic rings. The third-order valence-corrected chi connectivity index (χ3v) is 14.1. The van der Waals surface area contributed by atoms with Crippen molar-refractivity contribution in [1.29, 1.82) is 0 Å². The van der Waals surface area contributed by atoms with Gasteiger partial charge in [-0.2, -0.15) is 0 Å². The topological polar surface area (TPSA) is 0 Å². The van der Waals surface area contributed by atoms with Crippen LogP contribution in [0.1, 0.15) is 0 Å². The summed E-state index contributed by atoms with van der Waals surface area (Å²) in [5.74, 6) is 0. The van der Waals surface area contributed by atoms with Crippen LogP contribution in [0.3, 0.4) is 0 Å². The van der Waals surface area contributed by atoms with Gasteiger partial charge in [0.2, 0.25) is 0 Å². The van der Waals surface area contributed by atoms with Gasteiger partial charge in [-0.1, -0.05) is 303 Å². The predicted molar refractivity (Wildman–Crippen MR) is 306 cm³/mol. The zero-order valence-corrected chi connectivity index (χ0v) is 39.9. The minimum Gasteiger partial charge on any atom is -0.0622 e. The highest BCUT2D eigenvalue weighted by Crippen LogP contribution is 2.34. The normalized spacial score (nSPS) is 11.1. The lowest BCUT2D eigenvalue weighted by Gasteiger charge is -2.10. The Labute approximate surface area is 423 Å². The van der Waals surface area contributed by atoms with E-state index in [0.29, 0.717) is 0 Å². The van der Waals surface area contributed by atoms with Crippen LogP contribution in [-0.4, -0.2) is 0 Å². The largest absolute Gasteiger partial charge is 0.0622 e. The Morgan fingerprint density at radius 1 is 0.0694 bits per heavy atom. The molecule has 12 rings (SSSR count). The van der Waals surface area contributed by atoms with Crippen LogP contribution in [0.25, 0.3) is 122 Å². The molecule has 0 aliphatic heterocycles. The number of rotatable bonds is 11. The Morgan fingerprint density at radius 2 is 0.139 bits per heavy atom. The van der Waals surface area contributed by atoms with Crippen LogP contribution in [-0.2, 0) is 0 Å². The fourth-order valence-corrected chi connectivity index (χ4v) is 9.81. The second-order valence-electron chi connectivity index (χ2n) is 18.5. The van der Waals surface area contributed by atoms with Gasteiger partial charge in [0.25, 0.3) is 0 Å². The lowest BCUT2D eigenvalue weighted by atomic mass is 9.95. The summed E-state index contributed by atoms with van der Waals surface area (Å²) in [6, 6.07) is 110. The first kappa shape index (κ1) is 43.9. The minimum atomic E-state index is 1.21. The molecule has 0 fully saturated rings. The van der Waals surface area contributed by atoms with Crippen molar-refractivity contribution in [3.8, 4) is 122 Å². The monoisotopic (exact) mass is 914 g/mol. The zero-order valence-electron chi connectivity index (χ0n) is 39.9. The van der Waals surface area contributed by atoms with Gasteiger partial charge < -0.3 is 0 Å². The van der Waals surface area contributed by atoms with E-state index in [0.717, 1.165) is 0 Å². The van der Waals surface area contributed by atoms with Gasteiger partial charge in [-0.05, 0) is 122 Å². The molecule has 0 heterocycles. The molecule has 0 radical (unpaired) electrons. The fourth-order valence-electron chi connectivity index (χ4n) is 9.81. The van der Waals surface area contributed by atoms with Gasteiger partial charge in [-0.3, -0.25) is 0 Å². The molecule has 338 valence electrons. The van der Waals surface area contributed by atoms with Crippen LogP contribution >= 0.6 is 0 Å². The average molecular weight is 915 g/mol. The lowest BCUT2D eigenvalue weighted by molar-refractivity contribution is 1.55. The second-order valence-corrected chi connectivity index (χ2v) is 18.5. The highest BCUT2D eigenvalue weighted by molar-refractivity contribution is 5.80. The van der Waals surface area contributed by atoms with Gasteiger partial charge in [-0.15, -0.1) is 0 Å². The Morgan fingerprint density at radius 3 is 0.222 bits per heavy atom. The van der Waals surface area contributed by atoms with E-state index in [9.17, 15) is 0 Å². The molecule has 0 saturated carbocycles. The number of hydrogen-bond acceptors (Lipinski definition) is 0. The molecular formula is C72H50. The smallest absolute Gasteiger partial charge is 0.0184 e. The van der Waals surface area contributed by atoms with Crippen molar-refractivity contribution in [2.24, 2.45) is 0 Å². The molecule has 0 spiro atoms. The maximum absolute atomic E-state index is 2.23. The van der Waals surface area contributed by atoms with Crippen LogP contribution in [0, 0.1) is 0 Å². The van der Waals surface area contributed by atoms with E-state index in [1.54, 1.807) is 0 Å². The quantitative estimate of drug-likeness (QED) is 0.121. The van der Waals surface area contributed by atoms with Crippen molar-refractivity contribution >= 4 is 0 Å². The lowest BCUT2D eigenvalue weighted by Crippen LogP contribution is -1.84. The molecule has 0 heteroatoms. The van der Waals surface area contributed by atoms with E-state index in [4.69, 9.17) is 0 Å². The summed E-state index contributed by atoms with van der Waals surface area (Å²) in [4.78, 5) is 0. The molecule has 0 unspecified atom stereocenters. The van der Waals surface area contributed by atoms with Gasteiger partial charge in [0, 0.05) is 0 Å². The SMILES string of the molecule is c1ccc(-c2ccc(-c3ccc(-c4ccc(-c5ccc(-c6ccc(-c7ccc(-c8ccc(-c9ccc(-c%10ccc(-c%11ccc(-c%12ccccc%12)cc%11)cc%10)cc9)cc8)cc7)cc6)cc5)cc4)cc3)cc2)cc1. The summed E-state index contributed by atoms with van der Waals surface area (Å²) in [5, 5.41) is 0. The Hall–Kier alpha value is -9.36. The van der Waals surface area contributed by atoms with Crippen LogP contribution in [0.15, 0.2) is 303 Å². The van der Waals surface area contributed by atoms with E-state index in [-0.39, 0.29) is 0 Å². The first-order valence-electron chi connectivity index (χ1n) is 24.8. The van der Waals surface area contributed by atoms with Gasteiger partial charge in [0.15, 0.2) is 0 Å². The standard InChI is InChI=1S/C72H50/c1-3-7-51(8-4-1)53-11-15-55(16-12-53)57-19-23-59(24-20-57)61-27-31-63(32-28-61)65-35-39-67(40-36-65)69-43-47-71(48-44-69)72-49-45-70(46-50-72)68-41-37-66(38-42-68)64-33-29-62(30-34-64)60-25-21-58(22-26-60)56-17-13-54(14-18-56)52-9-5-2-6-10-52/h1-50H. The zero-order chi connectivity index (χ0) is 48.1. The third-order valence-electron chi connectivity index (χ3n) is 14.1. The van der Waals surface area contributed by atoms with Crippen molar-refractivity contribution in [3.63, 3.8) is 0 Å². The summed E-state index contributed by atoms with van der Waals surface area (Å²) < 4.78 is 0. The van der Waals surface area contributed by atoms with Gasteiger partial charge in [-0.25, -0.2) is 0 Å². The highest BCUT2D eigenvalue weighted by Gasteiger charge is 2.09. The van der Waals surface area contributed by atoms with Crippen molar-refractivity contribution in [2.45, 2.75) is 0 Å². The number of hydrogen-bond donors (Lipinski definition) is 0. The van der Waals surface area contributed by atoms with Crippen LogP contribution < -0.4 is 0 Å². The molecule has 0 nitrogen and oxygen atoms in total. The molecule has 0 bridgehead atoms. The minimum absolute atomic E-state index is 1.21. The Bertz CT molecular complexity index is 3430. The fraction of sp³-hybridized carbons (Fsp3) is 0. The van der Waals surface area contributed by atoms with Crippen LogP contribution in [0.4, 0.5) is 0 Å². The van der Waals surface area contributed by atoms with Crippen molar-refractivity contribution in [2.75, 3.05) is 0 Å². The molecule has 0 aliphatic carbocycles. The van der Waals surface area contributed by atoms with E-state index < -0.39 is 0 Å². The molecule has 72 heavy (non-hydrogen) atoms. The maximum Gasteiger partial charge on any atom is -0.0184 e. The summed E-state index contributed by atoms with van der Waals surface area (Å²) >= 11 is 0. The van der Waals surface area contributed by atoms with Crippen molar-refractivity contribution in [1.82, 2.24) is 0 Å². The molecule has 0 N–H and O–H groups in total. The van der Waals surface area contributed by atoms with E-state index >= 15 is 0 Å². The van der Waals surface area contributed by atoms with E-state index in [1.165, 1.54) is 122 Å². The Balaban J connectivity index is 0.645. The summed E-state index contributed by atoms with van der Waals surface area (Å²) in [5.41, 5.74) is 26.8. The molecule has 12 aromatic carbocycles. The summed E-state index contributed by atoms with van der Waals surface area (Å²) in [6.45, 7) is 0. The summed E-state index contributed by atoms with van der Waals surface area (Å²) in [6.07, 6.45) is 0. The molecule has 0 atom stereocenters. The van der Waals surface area contributed by atoms with E-state index in [2.05, 4.69) is 303 Å². The predicted octanol–water partition coefficient (Wildman–Crippen LogP) is 20.0. The molecule has 0 saturated heterocycles. The molecule has 0 amide bonds. The molecular weight excluding hydrogens is 865 g/mol. The Kier molecular flexibility index (Phi) is 12.1. The van der Waals surface area contributed by atoms with E-state index in [1.807, 2.05) is 0 Å². The van der Waals surface area contributed by atoms with Gasteiger partial charge in [0.05, 0.1) is 0 Å². The highest BCUT2D eigenvalue weighted by atomic mass is 14.1. The second kappa shape index (κ2) is 19.9. The average Bonchev–Trinajstić information content (AvgIpc) is 3.48. The first-order valence-corrected chi connectivity index (χ1v) is 24.8. The van der Waals surface area contributed by atoms with Crippen LogP contribution in [0.2, 0.25) is 0 Å². The first-order chi connectivity index (χ1) is 35.6. The number of benzene rings is 12. The van der Waals surface area contributed by atoms with Crippen LogP contribution in [0.5, 0.6) is 0 Å².